The Morgan fingerprint density at radius 2 is 1.92 bits per heavy atom. The Labute approximate surface area is 81.0 Å². The largest absolute Gasteiger partial charge is 0.392 e. The summed E-state index contributed by atoms with van der Waals surface area (Å²) >= 11 is 0. The molecule has 0 aromatic rings. The predicted octanol–water partition coefficient (Wildman–Crippen LogP) is 1.70. The second-order valence-corrected chi connectivity index (χ2v) is 3.54. The summed E-state index contributed by atoms with van der Waals surface area (Å²) in [5, 5.41) is 18.0. The average Bonchev–Trinajstić information content (AvgIpc) is 2.11. The Hall–Kier alpha value is -0.520. The van der Waals surface area contributed by atoms with Crippen LogP contribution in [0.4, 0.5) is 0 Å². The van der Waals surface area contributed by atoms with Gasteiger partial charge in [0.2, 0.25) is 0 Å². The van der Waals surface area contributed by atoms with Crippen LogP contribution in [0.1, 0.15) is 46.0 Å². The van der Waals surface area contributed by atoms with Crippen LogP contribution < -0.4 is 0 Å². The minimum atomic E-state index is -1.22. The summed E-state index contributed by atoms with van der Waals surface area (Å²) in [5.74, 6) is 5.52. The van der Waals surface area contributed by atoms with Crippen molar-refractivity contribution < 1.29 is 10.2 Å². The van der Waals surface area contributed by atoms with Gasteiger partial charge in [-0.3, -0.25) is 0 Å². The van der Waals surface area contributed by atoms with E-state index in [4.69, 9.17) is 5.11 Å². The molecular formula is C11H20O2. The number of hydrogen-bond acceptors (Lipinski definition) is 2. The first-order valence-electron chi connectivity index (χ1n) is 4.95. The first-order valence-corrected chi connectivity index (χ1v) is 4.95. The predicted molar refractivity (Wildman–Crippen MR) is 54.2 cm³/mol. The van der Waals surface area contributed by atoms with E-state index >= 15 is 0 Å². The maximum atomic E-state index is 9.30. The van der Waals surface area contributed by atoms with Crippen LogP contribution in [0.25, 0.3) is 0 Å². The van der Waals surface area contributed by atoms with Gasteiger partial charge < -0.3 is 10.2 Å². The zero-order chi connectivity index (χ0) is 10.2. The standard InChI is InChI=1S/C11H20O2/c1-3-4-5-6-7-8-9-11(2,13)10-12/h12-13H,3-7,10H2,1-2H3. The molecule has 76 valence electrons. The summed E-state index contributed by atoms with van der Waals surface area (Å²) in [6, 6.07) is 0. The second kappa shape index (κ2) is 6.94. The molecule has 0 heterocycles. The molecule has 0 saturated carbocycles. The summed E-state index contributed by atoms with van der Waals surface area (Å²) in [4.78, 5) is 0. The lowest BCUT2D eigenvalue weighted by Crippen LogP contribution is -2.26. The summed E-state index contributed by atoms with van der Waals surface area (Å²) in [7, 11) is 0. The van der Waals surface area contributed by atoms with Crippen molar-refractivity contribution in [3.8, 4) is 11.8 Å². The lowest BCUT2D eigenvalue weighted by Gasteiger charge is -2.10. The van der Waals surface area contributed by atoms with Crippen LogP contribution >= 0.6 is 0 Å². The van der Waals surface area contributed by atoms with Crippen molar-refractivity contribution >= 4 is 0 Å². The summed E-state index contributed by atoms with van der Waals surface area (Å²) < 4.78 is 0. The van der Waals surface area contributed by atoms with Gasteiger partial charge in [-0.25, -0.2) is 0 Å². The molecule has 2 N–H and O–H groups in total. The van der Waals surface area contributed by atoms with E-state index in [1.807, 2.05) is 0 Å². The van der Waals surface area contributed by atoms with Gasteiger partial charge in [-0.05, 0) is 13.3 Å². The molecule has 0 saturated heterocycles. The lowest BCUT2D eigenvalue weighted by molar-refractivity contribution is 0.0518. The smallest absolute Gasteiger partial charge is 0.145 e. The highest BCUT2D eigenvalue weighted by Gasteiger charge is 2.13. The van der Waals surface area contributed by atoms with E-state index in [-0.39, 0.29) is 6.61 Å². The zero-order valence-corrected chi connectivity index (χ0v) is 8.64. The minimum Gasteiger partial charge on any atom is -0.392 e. The molecule has 0 rings (SSSR count). The Balaban J connectivity index is 3.50. The highest BCUT2D eigenvalue weighted by molar-refractivity contribution is 5.11. The van der Waals surface area contributed by atoms with Crippen molar-refractivity contribution in [1.82, 2.24) is 0 Å². The maximum absolute atomic E-state index is 9.30. The van der Waals surface area contributed by atoms with Crippen LogP contribution in [0, 0.1) is 11.8 Å². The minimum absolute atomic E-state index is 0.297. The molecule has 0 spiro atoms. The van der Waals surface area contributed by atoms with E-state index in [1.54, 1.807) is 0 Å². The Bertz CT molecular complexity index is 174. The van der Waals surface area contributed by atoms with E-state index in [0.717, 1.165) is 12.8 Å². The fraction of sp³-hybridized carbons (Fsp3) is 0.818. The number of hydrogen-bond donors (Lipinski definition) is 2. The molecule has 0 bridgehead atoms. The molecule has 0 aromatic carbocycles. The number of unbranched alkanes of at least 4 members (excludes halogenated alkanes) is 4. The van der Waals surface area contributed by atoms with Crippen LogP contribution in [0.3, 0.4) is 0 Å². The second-order valence-electron chi connectivity index (χ2n) is 3.54. The SMILES string of the molecule is CCCCCCC#CC(C)(O)CO. The van der Waals surface area contributed by atoms with Gasteiger partial charge in [-0.15, -0.1) is 5.92 Å². The van der Waals surface area contributed by atoms with Gasteiger partial charge in [-0.1, -0.05) is 32.1 Å². The van der Waals surface area contributed by atoms with Crippen LogP contribution in [0.5, 0.6) is 0 Å². The average molecular weight is 184 g/mol. The van der Waals surface area contributed by atoms with Gasteiger partial charge >= 0.3 is 0 Å². The fourth-order valence-corrected chi connectivity index (χ4v) is 0.933. The maximum Gasteiger partial charge on any atom is 0.145 e. The van der Waals surface area contributed by atoms with Gasteiger partial charge in [0.05, 0.1) is 6.61 Å². The molecule has 0 radical (unpaired) electrons. The molecule has 0 aromatic heterocycles. The number of aliphatic hydroxyl groups is 2. The van der Waals surface area contributed by atoms with Crippen LogP contribution in [-0.2, 0) is 0 Å². The van der Waals surface area contributed by atoms with Gasteiger partial charge in [0, 0.05) is 6.42 Å². The van der Waals surface area contributed by atoms with Gasteiger partial charge in [-0.2, -0.15) is 0 Å². The molecule has 0 aliphatic carbocycles. The summed E-state index contributed by atoms with van der Waals surface area (Å²) in [6.07, 6.45) is 5.57. The van der Waals surface area contributed by atoms with Crippen LogP contribution in [0.2, 0.25) is 0 Å². The fourth-order valence-electron chi connectivity index (χ4n) is 0.933. The lowest BCUT2D eigenvalue weighted by atomic mass is 10.1. The Morgan fingerprint density at radius 1 is 1.23 bits per heavy atom. The third-order valence-electron chi connectivity index (χ3n) is 1.82. The molecule has 2 nitrogen and oxygen atoms in total. The van der Waals surface area contributed by atoms with Crippen molar-refractivity contribution in [2.45, 2.75) is 51.6 Å². The van der Waals surface area contributed by atoms with Gasteiger partial charge in [0.1, 0.15) is 5.60 Å². The molecule has 0 aliphatic heterocycles. The van der Waals surface area contributed by atoms with E-state index in [1.165, 1.54) is 26.2 Å². The molecule has 0 fully saturated rings. The summed E-state index contributed by atoms with van der Waals surface area (Å²) in [6.45, 7) is 3.39. The summed E-state index contributed by atoms with van der Waals surface area (Å²) in [5.41, 5.74) is -1.22. The number of rotatable bonds is 5. The Kier molecular flexibility index (Phi) is 6.66. The van der Waals surface area contributed by atoms with Crippen LogP contribution in [0.15, 0.2) is 0 Å². The molecule has 0 aliphatic rings. The molecule has 1 atom stereocenters. The van der Waals surface area contributed by atoms with Crippen molar-refractivity contribution in [2.24, 2.45) is 0 Å². The van der Waals surface area contributed by atoms with E-state index in [9.17, 15) is 5.11 Å². The highest BCUT2D eigenvalue weighted by atomic mass is 16.3. The quantitative estimate of drug-likeness (QED) is 0.504. The normalized spacial score (nSPS) is 14.5. The molecule has 0 amide bonds. The Morgan fingerprint density at radius 3 is 2.46 bits per heavy atom. The van der Waals surface area contributed by atoms with Crippen molar-refractivity contribution in [3.63, 3.8) is 0 Å². The first kappa shape index (κ1) is 12.5. The van der Waals surface area contributed by atoms with Gasteiger partial charge in [0.15, 0.2) is 0 Å². The molecular weight excluding hydrogens is 164 g/mol. The van der Waals surface area contributed by atoms with Crippen LogP contribution in [-0.4, -0.2) is 22.4 Å². The van der Waals surface area contributed by atoms with Crippen molar-refractivity contribution in [1.29, 1.82) is 0 Å². The van der Waals surface area contributed by atoms with E-state index < -0.39 is 5.60 Å². The number of aliphatic hydroxyl groups excluding tert-OH is 1. The van der Waals surface area contributed by atoms with Crippen molar-refractivity contribution in [3.05, 3.63) is 0 Å². The third kappa shape index (κ3) is 7.83. The molecule has 2 heteroatoms. The topological polar surface area (TPSA) is 40.5 Å². The van der Waals surface area contributed by atoms with Crippen molar-refractivity contribution in [2.75, 3.05) is 6.61 Å². The first-order chi connectivity index (χ1) is 6.12. The third-order valence-corrected chi connectivity index (χ3v) is 1.82. The molecule has 1 unspecified atom stereocenters. The van der Waals surface area contributed by atoms with Gasteiger partial charge in [0.25, 0.3) is 0 Å². The van der Waals surface area contributed by atoms with E-state index in [2.05, 4.69) is 18.8 Å². The zero-order valence-electron chi connectivity index (χ0n) is 8.64. The monoisotopic (exact) mass is 184 g/mol. The van der Waals surface area contributed by atoms with E-state index in [0.29, 0.717) is 0 Å². The highest BCUT2D eigenvalue weighted by Crippen LogP contribution is 2.02. The molecule has 13 heavy (non-hydrogen) atoms.